The minimum Gasteiger partial charge on any atom is -0.423 e. The molecule has 5 aromatic carbocycles. The van der Waals surface area contributed by atoms with Crippen molar-refractivity contribution in [1.29, 1.82) is 0 Å². The van der Waals surface area contributed by atoms with Gasteiger partial charge in [0.25, 0.3) is 23.6 Å². The third kappa shape index (κ3) is 6.58. The lowest BCUT2D eigenvalue weighted by atomic mass is 10.0. The molecule has 0 atom stereocenters. The van der Waals surface area contributed by atoms with Crippen LogP contribution in [-0.2, 0) is 0 Å². The fraction of sp³-hybridized carbons (Fsp3) is 0.140. The van der Waals surface area contributed by atoms with E-state index in [1.165, 1.54) is 61.6 Å². The summed E-state index contributed by atoms with van der Waals surface area (Å²) in [6, 6.07) is 27.0. The molecule has 0 bridgehead atoms. The summed E-state index contributed by atoms with van der Waals surface area (Å²) in [5, 5.41) is 0. The molecule has 11 heteroatoms. The number of esters is 2. The second-order valence-corrected chi connectivity index (χ2v) is 13.0. The number of unbranched alkanes of at least 4 members (excludes halogenated alkanes) is 1. The molecule has 0 radical (unpaired) electrons. The van der Waals surface area contributed by atoms with E-state index in [0.29, 0.717) is 12.1 Å². The molecule has 4 amide bonds. The molecule has 0 N–H and O–H groups in total. The fourth-order valence-electron chi connectivity index (χ4n) is 6.30. The van der Waals surface area contributed by atoms with Crippen LogP contribution in [0.15, 0.2) is 103 Å². The Morgan fingerprint density at radius 1 is 0.556 bits per heavy atom. The van der Waals surface area contributed by atoms with Gasteiger partial charge in [0, 0.05) is 25.1 Å². The number of carbonyl (C=O) groups is 7. The number of nitrogens with zero attached hydrogens (tertiary/aromatic N) is 2. The lowest BCUT2D eigenvalue weighted by Crippen LogP contribution is -2.29. The van der Waals surface area contributed by atoms with Gasteiger partial charge in [0.05, 0.1) is 39.1 Å². The number of carbonyl (C=O) groups excluding carboxylic acids is 7. The number of ether oxygens (including phenoxy) is 2. The second-order valence-electron chi connectivity index (χ2n) is 13.0. The van der Waals surface area contributed by atoms with Crippen LogP contribution in [0.25, 0.3) is 11.1 Å². The molecular weight excluding hydrogens is 688 g/mol. The maximum absolute atomic E-state index is 13.5. The Bertz CT molecular complexity index is 2430. The summed E-state index contributed by atoms with van der Waals surface area (Å²) < 4.78 is 11.2. The van der Waals surface area contributed by atoms with Gasteiger partial charge >= 0.3 is 11.9 Å². The van der Waals surface area contributed by atoms with Crippen molar-refractivity contribution >= 4 is 47.0 Å². The highest BCUT2D eigenvalue weighted by atomic mass is 16.5. The molecule has 0 aliphatic carbocycles. The Morgan fingerprint density at radius 3 is 1.59 bits per heavy atom. The van der Waals surface area contributed by atoms with Gasteiger partial charge in [-0.15, -0.1) is 0 Å². The highest BCUT2D eigenvalue weighted by molar-refractivity contribution is 6.34. The number of aryl methyl sites for hydroxylation is 1. The molecule has 7 rings (SSSR count). The van der Waals surface area contributed by atoms with Crippen LogP contribution in [0.1, 0.15) is 104 Å². The van der Waals surface area contributed by atoms with Crippen molar-refractivity contribution < 1.29 is 43.0 Å². The summed E-state index contributed by atoms with van der Waals surface area (Å²) in [4.78, 5) is 93.4. The molecule has 11 nitrogen and oxygen atoms in total. The highest BCUT2D eigenvalue weighted by Gasteiger charge is 2.37. The van der Waals surface area contributed by atoms with Gasteiger partial charge in [-0.3, -0.25) is 28.9 Å². The molecule has 2 aliphatic heterocycles. The van der Waals surface area contributed by atoms with Crippen LogP contribution in [0.4, 0.5) is 5.69 Å². The van der Waals surface area contributed by atoms with Crippen LogP contribution < -0.4 is 14.4 Å². The maximum atomic E-state index is 13.5. The van der Waals surface area contributed by atoms with Crippen molar-refractivity contribution in [3.05, 3.63) is 148 Å². The number of rotatable bonds is 10. The smallest absolute Gasteiger partial charge is 0.343 e. The van der Waals surface area contributed by atoms with Crippen LogP contribution in [0, 0.1) is 6.92 Å². The van der Waals surface area contributed by atoms with Gasteiger partial charge in [0.2, 0.25) is 0 Å². The molecule has 0 unspecified atom stereocenters. The minimum absolute atomic E-state index is 0.0138. The van der Waals surface area contributed by atoms with E-state index in [4.69, 9.17) is 9.47 Å². The quantitative estimate of drug-likeness (QED) is 0.0620. The number of Topliss-reactive ketones (excluding diaryl/α,β-unsaturated/α-hetero) is 1. The summed E-state index contributed by atoms with van der Waals surface area (Å²) in [5.41, 5.74) is 3.86. The van der Waals surface area contributed by atoms with E-state index in [2.05, 4.69) is 0 Å². The monoisotopic (exact) mass is 720 g/mol. The zero-order valence-electron chi connectivity index (χ0n) is 29.5. The number of fused-ring (bicyclic) bond motifs is 2. The third-order valence-corrected chi connectivity index (χ3v) is 9.34. The molecule has 54 heavy (non-hydrogen) atoms. The molecule has 0 spiro atoms. The van der Waals surface area contributed by atoms with Crippen LogP contribution >= 0.6 is 0 Å². The summed E-state index contributed by atoms with van der Waals surface area (Å²) >= 11 is 0. The van der Waals surface area contributed by atoms with Crippen LogP contribution in [0.3, 0.4) is 0 Å². The van der Waals surface area contributed by atoms with Crippen molar-refractivity contribution in [1.82, 2.24) is 4.90 Å². The lowest BCUT2D eigenvalue weighted by Gasteiger charge is -2.14. The van der Waals surface area contributed by atoms with Gasteiger partial charge < -0.3 is 9.47 Å². The van der Waals surface area contributed by atoms with E-state index in [1.54, 1.807) is 12.1 Å². The molecule has 5 aromatic rings. The highest BCUT2D eigenvalue weighted by Crippen LogP contribution is 2.32. The average Bonchev–Trinajstić information content (AvgIpc) is 3.56. The van der Waals surface area contributed by atoms with E-state index < -0.39 is 35.6 Å². The Balaban J connectivity index is 1.11. The number of hydrogen-bond donors (Lipinski definition) is 0. The summed E-state index contributed by atoms with van der Waals surface area (Å²) in [5.74, 6) is -4.43. The van der Waals surface area contributed by atoms with E-state index in [9.17, 15) is 33.6 Å². The zero-order chi connectivity index (χ0) is 38.3. The first kappa shape index (κ1) is 35.4. The molecule has 0 saturated carbocycles. The van der Waals surface area contributed by atoms with E-state index in [-0.39, 0.29) is 62.6 Å². The number of ketones is 1. The van der Waals surface area contributed by atoms with Gasteiger partial charge in [-0.1, -0.05) is 55.3 Å². The maximum Gasteiger partial charge on any atom is 0.343 e. The molecule has 2 heterocycles. The Labute approximate surface area is 309 Å². The Hall–Kier alpha value is -7.01. The number of benzene rings is 5. The van der Waals surface area contributed by atoms with Crippen LogP contribution in [0.2, 0.25) is 0 Å². The molecule has 2 aliphatic rings. The fourth-order valence-corrected chi connectivity index (χ4v) is 6.30. The zero-order valence-corrected chi connectivity index (χ0v) is 29.5. The number of amides is 4. The van der Waals surface area contributed by atoms with Crippen LogP contribution in [-0.4, -0.2) is 53.3 Å². The van der Waals surface area contributed by atoms with Crippen molar-refractivity contribution in [3.63, 3.8) is 0 Å². The van der Waals surface area contributed by atoms with E-state index >= 15 is 0 Å². The normalized spacial score (nSPS) is 13.2. The average molecular weight is 721 g/mol. The van der Waals surface area contributed by atoms with Crippen molar-refractivity contribution in [3.8, 4) is 22.6 Å². The van der Waals surface area contributed by atoms with Crippen LogP contribution in [0.5, 0.6) is 11.5 Å². The molecule has 268 valence electrons. The predicted molar refractivity (Wildman–Crippen MR) is 197 cm³/mol. The predicted octanol–water partition coefficient (Wildman–Crippen LogP) is 7.50. The SMILES string of the molecule is CCCCC(=O)c1cc(OC(=O)c2ccc3c(c2)C(=O)N(C)C3=O)cc(OC(=O)c2ccc3c(c2)C(=O)N(c2ccc(-c4ccc(C)cc4)cc2)C3=O)c1. The van der Waals surface area contributed by atoms with Crippen molar-refractivity contribution in [2.24, 2.45) is 0 Å². The lowest BCUT2D eigenvalue weighted by molar-refractivity contribution is 0.0687. The number of imide groups is 2. The van der Waals surface area contributed by atoms with Gasteiger partial charge in [-0.2, -0.15) is 0 Å². The van der Waals surface area contributed by atoms with E-state index in [0.717, 1.165) is 32.9 Å². The molecule has 0 saturated heterocycles. The first-order valence-corrected chi connectivity index (χ1v) is 17.2. The van der Waals surface area contributed by atoms with Crippen molar-refractivity contribution in [2.45, 2.75) is 33.1 Å². The summed E-state index contributed by atoms with van der Waals surface area (Å²) in [6.45, 7) is 3.93. The van der Waals surface area contributed by atoms with Gasteiger partial charge in [-0.25, -0.2) is 14.5 Å². The number of anilines is 1. The van der Waals surface area contributed by atoms with Crippen molar-refractivity contribution in [2.75, 3.05) is 11.9 Å². The third-order valence-electron chi connectivity index (χ3n) is 9.34. The van der Waals surface area contributed by atoms with Gasteiger partial charge in [0.1, 0.15) is 11.5 Å². The summed E-state index contributed by atoms with van der Waals surface area (Å²) in [7, 11) is 1.34. The standard InChI is InChI=1S/C43H32N2O9/c1-4-5-6-37(46)29-19-31(53-42(51)27-13-17-33-35(21-27)39(48)44(3)38(33)47)23-32(20-29)54-43(52)28-14-18-34-36(22-28)41(50)45(40(34)49)30-15-11-26(12-16-30)25-9-7-24(2)8-10-25/h7-23H,4-6H2,1-3H3. The molecule has 0 fully saturated rings. The Morgan fingerprint density at radius 2 is 1.04 bits per heavy atom. The topological polar surface area (TPSA) is 144 Å². The largest absolute Gasteiger partial charge is 0.423 e. The molecular formula is C43H32N2O9. The van der Waals surface area contributed by atoms with Gasteiger partial charge in [0.15, 0.2) is 5.78 Å². The van der Waals surface area contributed by atoms with E-state index in [1.807, 2.05) is 50.2 Å². The van der Waals surface area contributed by atoms with Gasteiger partial charge in [-0.05, 0) is 85.1 Å². The Kier molecular flexibility index (Phi) is 9.30. The second kappa shape index (κ2) is 14.2. The summed E-state index contributed by atoms with van der Waals surface area (Å²) in [6.07, 6.45) is 1.55. The first-order chi connectivity index (χ1) is 25.9. The first-order valence-electron chi connectivity index (χ1n) is 17.2. The number of hydrogen-bond acceptors (Lipinski definition) is 9. The minimum atomic E-state index is -0.889. The molecule has 0 aromatic heterocycles.